The molecule has 1 aromatic rings. The largest absolute Gasteiger partial charge is 0.411 e. The summed E-state index contributed by atoms with van der Waals surface area (Å²) in [6, 6.07) is 6.17. The molecule has 78 valence electrons. The minimum absolute atomic E-state index is 0.0693. The molecule has 0 aliphatic rings. The Kier molecular flexibility index (Phi) is 3.17. The summed E-state index contributed by atoms with van der Waals surface area (Å²) >= 11 is 0. The standard InChI is InChI=1S/C12H19NO/c1-5-9-6-7-11(14-13)10(8-9)12(2,3)4/h6-8H,5,13H2,1-4H3. The lowest BCUT2D eigenvalue weighted by Crippen LogP contribution is -2.15. The minimum Gasteiger partial charge on any atom is -0.411 e. The van der Waals surface area contributed by atoms with Crippen molar-refractivity contribution in [3.05, 3.63) is 29.3 Å². The number of benzene rings is 1. The second-order valence-electron chi connectivity index (χ2n) is 4.55. The van der Waals surface area contributed by atoms with Gasteiger partial charge < -0.3 is 4.84 Å². The number of nitrogens with two attached hydrogens (primary N) is 1. The zero-order valence-electron chi connectivity index (χ0n) is 9.42. The summed E-state index contributed by atoms with van der Waals surface area (Å²) in [5.41, 5.74) is 2.55. The maximum atomic E-state index is 5.24. The van der Waals surface area contributed by atoms with Gasteiger partial charge in [0.1, 0.15) is 0 Å². The third-order valence-electron chi connectivity index (χ3n) is 2.39. The highest BCUT2D eigenvalue weighted by atomic mass is 16.6. The second-order valence-corrected chi connectivity index (χ2v) is 4.55. The molecule has 0 amide bonds. The Balaban J connectivity index is 3.22. The molecule has 0 aliphatic heterocycles. The summed E-state index contributed by atoms with van der Waals surface area (Å²) in [7, 11) is 0. The first-order chi connectivity index (χ1) is 6.49. The summed E-state index contributed by atoms with van der Waals surface area (Å²) in [6.45, 7) is 8.61. The van der Waals surface area contributed by atoms with Crippen LogP contribution in [-0.4, -0.2) is 0 Å². The zero-order valence-corrected chi connectivity index (χ0v) is 9.42. The zero-order chi connectivity index (χ0) is 10.8. The summed E-state index contributed by atoms with van der Waals surface area (Å²) in [4.78, 5) is 4.87. The third kappa shape index (κ3) is 2.26. The molecular weight excluding hydrogens is 174 g/mol. The predicted octanol–water partition coefficient (Wildman–Crippen LogP) is 2.80. The van der Waals surface area contributed by atoms with Gasteiger partial charge in [-0.1, -0.05) is 39.8 Å². The van der Waals surface area contributed by atoms with Crippen molar-refractivity contribution >= 4 is 0 Å². The van der Waals surface area contributed by atoms with Crippen molar-refractivity contribution in [3.63, 3.8) is 0 Å². The van der Waals surface area contributed by atoms with E-state index in [0.29, 0.717) is 0 Å². The molecule has 0 aliphatic carbocycles. The molecule has 0 fully saturated rings. The highest BCUT2D eigenvalue weighted by Crippen LogP contribution is 2.31. The van der Waals surface area contributed by atoms with Gasteiger partial charge in [-0.25, -0.2) is 0 Å². The Morgan fingerprint density at radius 1 is 1.29 bits per heavy atom. The topological polar surface area (TPSA) is 35.2 Å². The van der Waals surface area contributed by atoms with E-state index in [4.69, 9.17) is 10.7 Å². The molecule has 0 aromatic heterocycles. The molecule has 1 aromatic carbocycles. The number of aryl methyl sites for hydroxylation is 1. The molecule has 0 saturated carbocycles. The van der Waals surface area contributed by atoms with E-state index in [1.54, 1.807) is 0 Å². The summed E-state index contributed by atoms with van der Waals surface area (Å²) in [5.74, 6) is 6.01. The quantitative estimate of drug-likeness (QED) is 0.733. The van der Waals surface area contributed by atoms with Crippen molar-refractivity contribution in [2.24, 2.45) is 5.90 Å². The highest BCUT2D eigenvalue weighted by Gasteiger charge is 2.19. The van der Waals surface area contributed by atoms with Crippen molar-refractivity contribution in [3.8, 4) is 5.75 Å². The van der Waals surface area contributed by atoms with E-state index in [1.165, 1.54) is 11.1 Å². The summed E-state index contributed by atoms with van der Waals surface area (Å²) in [6.07, 6.45) is 1.04. The molecule has 0 unspecified atom stereocenters. The van der Waals surface area contributed by atoms with Gasteiger partial charge in [0.2, 0.25) is 0 Å². The molecule has 14 heavy (non-hydrogen) atoms. The fourth-order valence-electron chi connectivity index (χ4n) is 1.49. The molecule has 2 heteroatoms. The first-order valence-corrected chi connectivity index (χ1v) is 4.99. The second kappa shape index (κ2) is 4.01. The van der Waals surface area contributed by atoms with Gasteiger partial charge in [0.15, 0.2) is 5.75 Å². The summed E-state index contributed by atoms with van der Waals surface area (Å²) in [5, 5.41) is 0. The van der Waals surface area contributed by atoms with Crippen LogP contribution in [0.15, 0.2) is 18.2 Å². The van der Waals surface area contributed by atoms with Crippen molar-refractivity contribution in [2.75, 3.05) is 0 Å². The Labute approximate surface area is 86.0 Å². The van der Waals surface area contributed by atoms with Gasteiger partial charge in [-0.15, -0.1) is 0 Å². The van der Waals surface area contributed by atoms with Gasteiger partial charge in [-0.3, -0.25) is 0 Å². The number of hydrogen-bond acceptors (Lipinski definition) is 2. The molecule has 0 bridgehead atoms. The lowest BCUT2D eigenvalue weighted by molar-refractivity contribution is 0.324. The highest BCUT2D eigenvalue weighted by molar-refractivity contribution is 5.41. The molecule has 2 nitrogen and oxygen atoms in total. The smallest absolute Gasteiger partial charge is 0.150 e. The third-order valence-corrected chi connectivity index (χ3v) is 2.39. The van der Waals surface area contributed by atoms with Crippen molar-refractivity contribution in [1.82, 2.24) is 0 Å². The lowest BCUT2D eigenvalue weighted by atomic mass is 9.85. The molecule has 0 saturated heterocycles. The van der Waals surface area contributed by atoms with Crippen LogP contribution in [0.2, 0.25) is 0 Å². The van der Waals surface area contributed by atoms with Crippen LogP contribution in [0.3, 0.4) is 0 Å². The molecule has 0 atom stereocenters. The minimum atomic E-state index is 0.0693. The lowest BCUT2D eigenvalue weighted by Gasteiger charge is -2.22. The van der Waals surface area contributed by atoms with E-state index in [2.05, 4.69) is 39.8 Å². The normalized spacial score (nSPS) is 11.5. The Morgan fingerprint density at radius 2 is 1.93 bits per heavy atom. The molecular formula is C12H19NO. The van der Waals surface area contributed by atoms with Crippen LogP contribution in [0.1, 0.15) is 38.8 Å². The van der Waals surface area contributed by atoms with E-state index in [9.17, 15) is 0 Å². The Morgan fingerprint density at radius 3 is 2.36 bits per heavy atom. The average molecular weight is 193 g/mol. The van der Waals surface area contributed by atoms with Crippen LogP contribution < -0.4 is 10.7 Å². The molecule has 0 radical (unpaired) electrons. The number of hydrogen-bond donors (Lipinski definition) is 1. The van der Waals surface area contributed by atoms with Crippen LogP contribution in [0.4, 0.5) is 0 Å². The first kappa shape index (κ1) is 11.1. The van der Waals surface area contributed by atoms with Crippen LogP contribution in [0.5, 0.6) is 5.75 Å². The van der Waals surface area contributed by atoms with E-state index >= 15 is 0 Å². The van der Waals surface area contributed by atoms with Gasteiger partial charge in [-0.05, 0) is 23.5 Å². The maximum Gasteiger partial charge on any atom is 0.150 e. The Bertz CT molecular complexity index is 313. The van der Waals surface area contributed by atoms with Crippen LogP contribution in [-0.2, 0) is 11.8 Å². The van der Waals surface area contributed by atoms with E-state index in [1.807, 2.05) is 6.07 Å². The summed E-state index contributed by atoms with van der Waals surface area (Å²) < 4.78 is 0. The van der Waals surface area contributed by atoms with E-state index in [-0.39, 0.29) is 5.41 Å². The predicted molar refractivity (Wildman–Crippen MR) is 59.3 cm³/mol. The average Bonchev–Trinajstić information content (AvgIpc) is 2.15. The van der Waals surface area contributed by atoms with Gasteiger partial charge >= 0.3 is 0 Å². The van der Waals surface area contributed by atoms with E-state index < -0.39 is 0 Å². The number of rotatable bonds is 2. The fraction of sp³-hybridized carbons (Fsp3) is 0.500. The monoisotopic (exact) mass is 193 g/mol. The van der Waals surface area contributed by atoms with Gasteiger partial charge in [0.25, 0.3) is 0 Å². The molecule has 0 heterocycles. The van der Waals surface area contributed by atoms with Crippen LogP contribution >= 0.6 is 0 Å². The molecule has 0 spiro atoms. The molecule has 1 rings (SSSR count). The SMILES string of the molecule is CCc1ccc(ON)c(C(C)(C)C)c1. The van der Waals surface area contributed by atoms with Gasteiger partial charge in [-0.2, -0.15) is 5.90 Å². The van der Waals surface area contributed by atoms with Gasteiger partial charge in [0, 0.05) is 5.56 Å². The molecule has 2 N–H and O–H groups in total. The Hall–Kier alpha value is -1.02. The fourth-order valence-corrected chi connectivity index (χ4v) is 1.49. The van der Waals surface area contributed by atoms with Crippen LogP contribution in [0, 0.1) is 0 Å². The van der Waals surface area contributed by atoms with Crippen molar-refractivity contribution in [2.45, 2.75) is 39.5 Å². The van der Waals surface area contributed by atoms with Crippen molar-refractivity contribution in [1.29, 1.82) is 0 Å². The maximum absolute atomic E-state index is 5.24. The van der Waals surface area contributed by atoms with E-state index in [0.717, 1.165) is 12.2 Å². The van der Waals surface area contributed by atoms with Gasteiger partial charge in [0.05, 0.1) is 0 Å². The first-order valence-electron chi connectivity index (χ1n) is 4.99. The van der Waals surface area contributed by atoms with Crippen molar-refractivity contribution < 1.29 is 4.84 Å². The van der Waals surface area contributed by atoms with Crippen LogP contribution in [0.25, 0.3) is 0 Å².